The second kappa shape index (κ2) is 5.60. The molecule has 2 fully saturated rings. The maximum absolute atomic E-state index is 12.2. The van der Waals surface area contributed by atoms with Gasteiger partial charge in [0.05, 0.1) is 18.1 Å². The summed E-state index contributed by atoms with van der Waals surface area (Å²) in [4.78, 5) is 24.9. The van der Waals surface area contributed by atoms with Crippen LogP contribution in [0.1, 0.15) is 18.9 Å². The summed E-state index contributed by atoms with van der Waals surface area (Å²) in [5.41, 5.74) is 1.13. The number of anilines is 1. The van der Waals surface area contributed by atoms with Crippen LogP contribution < -0.4 is 4.90 Å². The zero-order valence-electron chi connectivity index (χ0n) is 12.8. The molecule has 114 valence electrons. The predicted octanol–water partition coefficient (Wildman–Crippen LogP) is 0.721. The number of nitrogens with zero attached hydrogens (tertiary/aromatic N) is 4. The summed E-state index contributed by atoms with van der Waals surface area (Å²) < 4.78 is 5.93. The largest absolute Gasteiger partial charge is 0.370 e. The molecule has 1 amide bonds. The van der Waals surface area contributed by atoms with E-state index >= 15 is 0 Å². The van der Waals surface area contributed by atoms with Gasteiger partial charge < -0.3 is 14.5 Å². The lowest BCUT2D eigenvalue weighted by atomic mass is 9.99. The maximum atomic E-state index is 12.2. The number of carbonyl (C=O) groups excluding carboxylic acids is 1. The molecule has 2 aliphatic rings. The highest BCUT2D eigenvalue weighted by molar-refractivity contribution is 5.79. The average Bonchev–Trinajstić information content (AvgIpc) is 2.80. The standard InChI is InChI=1S/C15H22N4O2/c1-4-10-6-16-15(17-7-10)19-8-11-5-12(13(9-19)21-11)14(20)18(2)3/h6-7,11-13H,4-5,8-9H2,1-3H3/t11-,12-,13-/m0/s1. The third kappa shape index (κ3) is 2.72. The van der Waals surface area contributed by atoms with Crippen LogP contribution in [-0.4, -0.2) is 60.2 Å². The Morgan fingerprint density at radius 2 is 2.10 bits per heavy atom. The molecule has 1 aromatic rings. The minimum atomic E-state index is -0.0481. The molecule has 6 heteroatoms. The van der Waals surface area contributed by atoms with Crippen molar-refractivity contribution >= 4 is 11.9 Å². The fraction of sp³-hybridized carbons (Fsp3) is 0.667. The molecule has 0 N–H and O–H groups in total. The topological polar surface area (TPSA) is 58.6 Å². The van der Waals surface area contributed by atoms with E-state index in [9.17, 15) is 4.79 Å². The van der Waals surface area contributed by atoms with Crippen molar-refractivity contribution in [1.29, 1.82) is 0 Å². The maximum Gasteiger partial charge on any atom is 0.227 e. The molecule has 0 spiro atoms. The van der Waals surface area contributed by atoms with Crippen molar-refractivity contribution in [2.75, 3.05) is 32.1 Å². The van der Waals surface area contributed by atoms with E-state index in [2.05, 4.69) is 21.8 Å². The number of aryl methyl sites for hydroxylation is 1. The van der Waals surface area contributed by atoms with Crippen molar-refractivity contribution in [3.8, 4) is 0 Å². The Morgan fingerprint density at radius 1 is 1.38 bits per heavy atom. The van der Waals surface area contributed by atoms with Gasteiger partial charge in [0.1, 0.15) is 0 Å². The van der Waals surface area contributed by atoms with Gasteiger partial charge in [0.2, 0.25) is 11.9 Å². The lowest BCUT2D eigenvalue weighted by Crippen LogP contribution is -2.46. The van der Waals surface area contributed by atoms with E-state index in [0.717, 1.165) is 30.9 Å². The van der Waals surface area contributed by atoms with E-state index in [1.165, 1.54) is 0 Å². The number of hydrogen-bond acceptors (Lipinski definition) is 5. The van der Waals surface area contributed by atoms with Gasteiger partial charge in [0.25, 0.3) is 0 Å². The van der Waals surface area contributed by atoms with Crippen LogP contribution in [0.4, 0.5) is 5.95 Å². The summed E-state index contributed by atoms with van der Waals surface area (Å²) in [6.07, 6.45) is 5.55. The molecule has 0 radical (unpaired) electrons. The number of carbonyl (C=O) groups is 1. The van der Waals surface area contributed by atoms with Gasteiger partial charge in [-0.25, -0.2) is 9.97 Å². The average molecular weight is 290 g/mol. The summed E-state index contributed by atoms with van der Waals surface area (Å²) in [7, 11) is 3.60. The zero-order chi connectivity index (χ0) is 15.0. The fourth-order valence-corrected chi connectivity index (χ4v) is 3.11. The molecule has 1 aromatic heterocycles. The van der Waals surface area contributed by atoms with Crippen molar-refractivity contribution in [2.45, 2.75) is 32.0 Å². The fourth-order valence-electron chi connectivity index (χ4n) is 3.11. The van der Waals surface area contributed by atoms with Gasteiger partial charge in [0, 0.05) is 39.6 Å². The highest BCUT2D eigenvalue weighted by Gasteiger charge is 2.45. The quantitative estimate of drug-likeness (QED) is 0.821. The summed E-state index contributed by atoms with van der Waals surface area (Å²) in [6.45, 7) is 3.54. The Balaban J connectivity index is 1.73. The zero-order valence-corrected chi connectivity index (χ0v) is 12.8. The smallest absolute Gasteiger partial charge is 0.227 e. The lowest BCUT2D eigenvalue weighted by Gasteiger charge is -2.33. The van der Waals surface area contributed by atoms with Crippen LogP contribution in [0, 0.1) is 5.92 Å². The number of fused-ring (bicyclic) bond motifs is 2. The predicted molar refractivity (Wildman–Crippen MR) is 79.1 cm³/mol. The minimum absolute atomic E-state index is 0.0371. The van der Waals surface area contributed by atoms with Crippen LogP contribution in [0.3, 0.4) is 0 Å². The van der Waals surface area contributed by atoms with Crippen molar-refractivity contribution in [1.82, 2.24) is 14.9 Å². The molecule has 0 aromatic carbocycles. The van der Waals surface area contributed by atoms with Crippen LogP contribution in [0.5, 0.6) is 0 Å². The van der Waals surface area contributed by atoms with Crippen LogP contribution >= 0.6 is 0 Å². The Bertz CT molecular complexity index is 517. The molecule has 2 bridgehead atoms. The van der Waals surface area contributed by atoms with Crippen LogP contribution in [0.15, 0.2) is 12.4 Å². The number of hydrogen-bond donors (Lipinski definition) is 0. The van der Waals surface area contributed by atoms with E-state index in [4.69, 9.17) is 4.74 Å². The molecule has 3 atom stereocenters. The summed E-state index contributed by atoms with van der Waals surface area (Å²) >= 11 is 0. The number of amides is 1. The molecule has 2 saturated heterocycles. The Hall–Kier alpha value is -1.69. The molecule has 6 nitrogen and oxygen atoms in total. The Kier molecular flexibility index (Phi) is 3.80. The second-order valence-electron chi connectivity index (χ2n) is 6.02. The molecular formula is C15H22N4O2. The van der Waals surface area contributed by atoms with Gasteiger partial charge in [-0.2, -0.15) is 0 Å². The van der Waals surface area contributed by atoms with Gasteiger partial charge >= 0.3 is 0 Å². The monoisotopic (exact) mass is 290 g/mol. The van der Waals surface area contributed by atoms with Gasteiger partial charge in [-0.3, -0.25) is 4.79 Å². The Labute approximate surface area is 125 Å². The van der Waals surface area contributed by atoms with Crippen LogP contribution in [-0.2, 0) is 16.0 Å². The first-order valence-electron chi connectivity index (χ1n) is 7.51. The van der Waals surface area contributed by atoms with Crippen LogP contribution in [0.25, 0.3) is 0 Å². The lowest BCUT2D eigenvalue weighted by molar-refractivity contribution is -0.134. The first-order chi connectivity index (χ1) is 10.1. The van der Waals surface area contributed by atoms with Crippen molar-refractivity contribution in [2.24, 2.45) is 5.92 Å². The van der Waals surface area contributed by atoms with Crippen molar-refractivity contribution < 1.29 is 9.53 Å². The second-order valence-corrected chi connectivity index (χ2v) is 6.02. The van der Waals surface area contributed by atoms with Gasteiger partial charge in [-0.15, -0.1) is 0 Å². The highest BCUT2D eigenvalue weighted by atomic mass is 16.5. The van der Waals surface area contributed by atoms with Gasteiger partial charge in [0.15, 0.2) is 0 Å². The molecular weight excluding hydrogens is 268 g/mol. The van der Waals surface area contributed by atoms with Gasteiger partial charge in [-0.1, -0.05) is 6.92 Å². The van der Waals surface area contributed by atoms with E-state index < -0.39 is 0 Å². The SMILES string of the molecule is CCc1cnc(N2C[C@@H]3C[C@H](C(=O)N(C)C)[C@H](C2)O3)nc1. The first kappa shape index (κ1) is 14.3. The minimum Gasteiger partial charge on any atom is -0.370 e. The first-order valence-corrected chi connectivity index (χ1v) is 7.51. The van der Waals surface area contributed by atoms with Crippen molar-refractivity contribution in [3.63, 3.8) is 0 Å². The summed E-state index contributed by atoms with van der Waals surface area (Å²) in [6, 6.07) is 0. The van der Waals surface area contributed by atoms with Gasteiger partial charge in [-0.05, 0) is 18.4 Å². The number of aromatic nitrogens is 2. The molecule has 3 rings (SSSR count). The molecule has 2 aliphatic heterocycles. The third-order valence-corrected chi connectivity index (χ3v) is 4.30. The molecule has 0 unspecified atom stereocenters. The Morgan fingerprint density at radius 3 is 2.71 bits per heavy atom. The number of morpholine rings is 1. The number of rotatable bonds is 3. The summed E-state index contributed by atoms with van der Waals surface area (Å²) in [5.74, 6) is 0.861. The third-order valence-electron chi connectivity index (χ3n) is 4.30. The molecule has 0 aliphatic carbocycles. The molecule has 0 saturated carbocycles. The molecule has 21 heavy (non-hydrogen) atoms. The van der Waals surface area contributed by atoms with E-state index in [-0.39, 0.29) is 24.0 Å². The number of ether oxygens (including phenoxy) is 1. The van der Waals surface area contributed by atoms with E-state index in [0.29, 0.717) is 6.54 Å². The van der Waals surface area contributed by atoms with Crippen molar-refractivity contribution in [3.05, 3.63) is 18.0 Å². The highest BCUT2D eigenvalue weighted by Crippen LogP contribution is 2.33. The van der Waals surface area contributed by atoms with E-state index in [1.807, 2.05) is 12.4 Å². The van der Waals surface area contributed by atoms with E-state index in [1.54, 1.807) is 19.0 Å². The normalized spacial score (nSPS) is 27.8. The summed E-state index contributed by atoms with van der Waals surface area (Å²) in [5, 5.41) is 0. The molecule has 3 heterocycles. The van der Waals surface area contributed by atoms with Crippen LogP contribution in [0.2, 0.25) is 0 Å².